The van der Waals surface area contributed by atoms with Crippen LogP contribution in [0.1, 0.15) is 20.7 Å². The first-order valence-electron chi connectivity index (χ1n) is 9.02. The van der Waals surface area contributed by atoms with E-state index in [4.69, 9.17) is 46.4 Å². The van der Waals surface area contributed by atoms with Crippen molar-refractivity contribution in [2.75, 3.05) is 18.0 Å². The molecule has 0 heterocycles. The average molecular weight is 500 g/mol. The third kappa shape index (κ3) is 5.89. The van der Waals surface area contributed by atoms with Crippen LogP contribution in [0.4, 0.5) is 10.1 Å². The van der Waals surface area contributed by atoms with Gasteiger partial charge in [-0.3, -0.25) is 9.59 Å². The first-order chi connectivity index (χ1) is 14.8. The number of nitrogens with one attached hydrogen (secondary N) is 1. The normalized spacial score (nSPS) is 10.6. The summed E-state index contributed by atoms with van der Waals surface area (Å²) in [4.78, 5) is 27.0. The highest BCUT2D eigenvalue weighted by molar-refractivity contribution is 6.37. The number of carbonyl (C=O) groups is 2. The maximum atomic E-state index is 13.4. The van der Waals surface area contributed by atoms with Crippen molar-refractivity contribution in [3.05, 3.63) is 97.7 Å². The molecule has 0 saturated carbocycles. The third-order valence-electron chi connectivity index (χ3n) is 4.34. The molecule has 0 atom stereocenters. The van der Waals surface area contributed by atoms with Gasteiger partial charge in [0.2, 0.25) is 0 Å². The summed E-state index contributed by atoms with van der Waals surface area (Å²) in [6.45, 7) is 0.201. The van der Waals surface area contributed by atoms with E-state index in [1.807, 2.05) is 0 Å². The monoisotopic (exact) mass is 498 g/mol. The second-order valence-corrected chi connectivity index (χ2v) is 8.12. The minimum Gasteiger partial charge on any atom is -0.350 e. The molecule has 0 spiro atoms. The summed E-state index contributed by atoms with van der Waals surface area (Å²) in [5.41, 5.74) is 0.921. The Balaban J connectivity index is 1.79. The molecule has 0 fully saturated rings. The van der Waals surface area contributed by atoms with Crippen LogP contribution in [0.2, 0.25) is 20.1 Å². The highest BCUT2D eigenvalue weighted by atomic mass is 35.5. The van der Waals surface area contributed by atoms with Crippen molar-refractivity contribution in [1.29, 1.82) is 0 Å². The lowest BCUT2D eigenvalue weighted by molar-refractivity contribution is 0.0943. The van der Waals surface area contributed by atoms with Gasteiger partial charge >= 0.3 is 0 Å². The number of hydrogen-bond donors (Lipinski definition) is 1. The average Bonchev–Trinajstić information content (AvgIpc) is 2.71. The van der Waals surface area contributed by atoms with Gasteiger partial charge in [-0.15, -0.1) is 0 Å². The van der Waals surface area contributed by atoms with Gasteiger partial charge < -0.3 is 10.2 Å². The molecule has 31 heavy (non-hydrogen) atoms. The van der Waals surface area contributed by atoms with Crippen molar-refractivity contribution in [3.63, 3.8) is 0 Å². The molecule has 9 heteroatoms. The maximum Gasteiger partial charge on any atom is 0.259 e. The molecule has 1 N–H and O–H groups in total. The molecule has 3 aromatic rings. The van der Waals surface area contributed by atoms with E-state index in [-0.39, 0.29) is 34.3 Å². The molecule has 0 aromatic heterocycles. The molecule has 0 bridgehead atoms. The van der Waals surface area contributed by atoms with E-state index in [9.17, 15) is 14.0 Å². The first-order valence-corrected chi connectivity index (χ1v) is 10.5. The summed E-state index contributed by atoms with van der Waals surface area (Å²) < 4.78 is 13.4. The number of halogens is 5. The predicted octanol–water partition coefficient (Wildman–Crippen LogP) is 6.52. The Labute approximate surface area is 198 Å². The number of rotatable bonds is 6. The van der Waals surface area contributed by atoms with Crippen LogP contribution in [0.3, 0.4) is 0 Å². The molecule has 160 valence electrons. The highest BCUT2D eigenvalue weighted by Crippen LogP contribution is 2.25. The molecular weight excluding hydrogens is 485 g/mol. The molecule has 0 radical (unpaired) electrons. The molecule has 0 aliphatic carbocycles. The van der Waals surface area contributed by atoms with E-state index in [0.29, 0.717) is 15.7 Å². The molecule has 0 aliphatic heterocycles. The topological polar surface area (TPSA) is 49.4 Å². The van der Waals surface area contributed by atoms with Gasteiger partial charge in [0, 0.05) is 28.8 Å². The van der Waals surface area contributed by atoms with E-state index < -0.39 is 17.6 Å². The zero-order valence-electron chi connectivity index (χ0n) is 15.8. The lowest BCUT2D eigenvalue weighted by Crippen LogP contribution is -2.39. The summed E-state index contributed by atoms with van der Waals surface area (Å²) in [6, 6.07) is 14.5. The van der Waals surface area contributed by atoms with E-state index in [1.54, 1.807) is 12.1 Å². The predicted molar refractivity (Wildman–Crippen MR) is 123 cm³/mol. The van der Waals surface area contributed by atoms with Crippen molar-refractivity contribution in [2.45, 2.75) is 0 Å². The first kappa shape index (κ1) is 23.4. The van der Waals surface area contributed by atoms with Crippen molar-refractivity contribution >= 4 is 63.9 Å². The Morgan fingerprint density at radius 2 is 1.35 bits per heavy atom. The molecule has 3 rings (SSSR count). The van der Waals surface area contributed by atoms with E-state index in [2.05, 4.69) is 5.32 Å². The van der Waals surface area contributed by atoms with E-state index >= 15 is 0 Å². The Hall–Kier alpha value is -2.31. The van der Waals surface area contributed by atoms with Gasteiger partial charge in [-0.2, -0.15) is 0 Å². The molecular formula is C22H15Cl4FN2O2. The number of benzene rings is 3. The van der Waals surface area contributed by atoms with Crippen LogP contribution in [-0.2, 0) is 0 Å². The Morgan fingerprint density at radius 1 is 0.806 bits per heavy atom. The van der Waals surface area contributed by atoms with Gasteiger partial charge in [0.15, 0.2) is 0 Å². The Bertz CT molecular complexity index is 1120. The number of nitrogens with zero attached hydrogens (tertiary/aromatic N) is 1. The lowest BCUT2D eigenvalue weighted by atomic mass is 10.1. The van der Waals surface area contributed by atoms with E-state index in [1.165, 1.54) is 53.4 Å². The van der Waals surface area contributed by atoms with Gasteiger partial charge in [-0.1, -0.05) is 46.4 Å². The SMILES string of the molecule is O=C(NCCN(C(=O)c1ccc(Cl)cc1Cl)c1ccc(F)cc1)c1ccc(Cl)cc1Cl. The third-order valence-corrected chi connectivity index (χ3v) is 5.44. The smallest absolute Gasteiger partial charge is 0.259 e. The fourth-order valence-electron chi connectivity index (χ4n) is 2.83. The van der Waals surface area contributed by atoms with E-state index in [0.717, 1.165) is 0 Å². The minimum absolute atomic E-state index is 0.0976. The summed E-state index contributed by atoms with van der Waals surface area (Å²) in [6.07, 6.45) is 0. The van der Waals surface area contributed by atoms with Crippen LogP contribution < -0.4 is 10.2 Å². The zero-order chi connectivity index (χ0) is 22.5. The van der Waals surface area contributed by atoms with Crippen LogP contribution in [-0.4, -0.2) is 24.9 Å². The summed E-state index contributed by atoms with van der Waals surface area (Å²) in [5.74, 6) is -1.28. The standard InChI is InChI=1S/C22H15Cl4FN2O2/c23-13-1-7-17(19(25)11-13)21(30)28-9-10-29(16-5-3-15(27)4-6-16)22(31)18-8-2-14(24)12-20(18)26/h1-8,11-12H,9-10H2,(H,28,30). The van der Waals surface area contributed by atoms with Crippen LogP contribution >= 0.6 is 46.4 Å². The summed E-state index contributed by atoms with van der Waals surface area (Å²) in [5, 5.41) is 3.91. The number of anilines is 1. The number of carbonyl (C=O) groups excluding carboxylic acids is 2. The van der Waals surface area contributed by atoms with Gasteiger partial charge in [0.25, 0.3) is 11.8 Å². The Kier molecular flexibility index (Phi) is 7.79. The summed E-state index contributed by atoms with van der Waals surface area (Å²) >= 11 is 24.0. The summed E-state index contributed by atoms with van der Waals surface area (Å²) in [7, 11) is 0. The second kappa shape index (κ2) is 10.3. The zero-order valence-corrected chi connectivity index (χ0v) is 18.9. The van der Waals surface area contributed by atoms with Crippen LogP contribution in [0.5, 0.6) is 0 Å². The quantitative estimate of drug-likeness (QED) is 0.420. The molecule has 0 unspecified atom stereocenters. The van der Waals surface area contributed by atoms with Crippen molar-refractivity contribution < 1.29 is 14.0 Å². The lowest BCUT2D eigenvalue weighted by Gasteiger charge is -2.24. The minimum atomic E-state index is -0.439. The fourth-order valence-corrected chi connectivity index (χ4v) is 3.81. The second-order valence-electron chi connectivity index (χ2n) is 6.44. The van der Waals surface area contributed by atoms with Crippen molar-refractivity contribution in [3.8, 4) is 0 Å². The van der Waals surface area contributed by atoms with Crippen LogP contribution in [0, 0.1) is 5.82 Å². The molecule has 0 aliphatic rings. The largest absolute Gasteiger partial charge is 0.350 e. The Morgan fingerprint density at radius 3 is 1.90 bits per heavy atom. The maximum absolute atomic E-state index is 13.4. The fraction of sp³-hybridized carbons (Fsp3) is 0.0909. The van der Waals surface area contributed by atoms with Gasteiger partial charge in [0.1, 0.15) is 5.82 Å². The van der Waals surface area contributed by atoms with Crippen LogP contribution in [0.15, 0.2) is 60.7 Å². The molecule has 2 amide bonds. The molecule has 3 aromatic carbocycles. The van der Waals surface area contributed by atoms with Crippen molar-refractivity contribution in [1.82, 2.24) is 5.32 Å². The van der Waals surface area contributed by atoms with Gasteiger partial charge in [-0.25, -0.2) is 4.39 Å². The molecule has 4 nitrogen and oxygen atoms in total. The molecule has 0 saturated heterocycles. The van der Waals surface area contributed by atoms with Gasteiger partial charge in [-0.05, 0) is 60.7 Å². The van der Waals surface area contributed by atoms with Gasteiger partial charge in [0.05, 0.1) is 21.2 Å². The number of hydrogen-bond acceptors (Lipinski definition) is 2. The highest BCUT2D eigenvalue weighted by Gasteiger charge is 2.21. The number of amides is 2. The van der Waals surface area contributed by atoms with Crippen LogP contribution in [0.25, 0.3) is 0 Å². The van der Waals surface area contributed by atoms with Crippen molar-refractivity contribution in [2.24, 2.45) is 0 Å².